The van der Waals surface area contributed by atoms with Gasteiger partial charge in [0.25, 0.3) is 0 Å². The second-order valence-electron chi connectivity index (χ2n) is 6.44. The lowest BCUT2D eigenvalue weighted by molar-refractivity contribution is -0.134. The van der Waals surface area contributed by atoms with E-state index in [0.29, 0.717) is 6.54 Å². The lowest BCUT2D eigenvalue weighted by Crippen LogP contribution is -2.50. The highest BCUT2D eigenvalue weighted by molar-refractivity contribution is 7.10. The van der Waals surface area contributed by atoms with Gasteiger partial charge in [0.2, 0.25) is 5.91 Å². The lowest BCUT2D eigenvalue weighted by atomic mass is 10.2. The predicted molar refractivity (Wildman–Crippen MR) is 102 cm³/mol. The zero-order valence-electron chi connectivity index (χ0n) is 14.4. The molecule has 0 bridgehead atoms. The summed E-state index contributed by atoms with van der Waals surface area (Å²) in [6, 6.07) is 6.43. The molecule has 6 heteroatoms. The number of rotatable bonds is 6. The van der Waals surface area contributed by atoms with Crippen molar-refractivity contribution in [3.63, 3.8) is 0 Å². The van der Waals surface area contributed by atoms with Crippen molar-refractivity contribution in [2.75, 3.05) is 39.8 Å². The van der Waals surface area contributed by atoms with E-state index in [2.05, 4.69) is 45.7 Å². The second-order valence-corrected chi connectivity index (χ2v) is 8.47. The van der Waals surface area contributed by atoms with E-state index >= 15 is 0 Å². The molecule has 0 aromatic carbocycles. The van der Waals surface area contributed by atoms with Gasteiger partial charge in [0, 0.05) is 49.0 Å². The second kappa shape index (κ2) is 8.25. The zero-order valence-corrected chi connectivity index (χ0v) is 16.0. The van der Waals surface area contributed by atoms with Gasteiger partial charge in [-0.25, -0.2) is 0 Å². The molecule has 0 radical (unpaired) electrons. The van der Waals surface area contributed by atoms with E-state index < -0.39 is 0 Å². The first-order valence-electron chi connectivity index (χ1n) is 8.36. The molecule has 0 saturated carbocycles. The highest BCUT2D eigenvalue weighted by Gasteiger charge is 2.22. The van der Waals surface area contributed by atoms with Crippen molar-refractivity contribution in [2.24, 2.45) is 0 Å². The number of hydrogen-bond acceptors (Lipinski definition) is 5. The van der Waals surface area contributed by atoms with Gasteiger partial charge in [0.05, 0.1) is 6.54 Å². The summed E-state index contributed by atoms with van der Waals surface area (Å²) in [4.78, 5) is 21.9. The number of hydrogen-bond donors (Lipinski definition) is 0. The molecule has 3 heterocycles. The molecule has 2 aromatic heterocycles. The Kier molecular flexibility index (Phi) is 6.05. The van der Waals surface area contributed by atoms with Crippen molar-refractivity contribution in [3.05, 3.63) is 44.3 Å². The molecule has 1 aliphatic heterocycles. The molecule has 130 valence electrons. The SMILES string of the molecule is Cc1ccsc1CN(C)CC(=O)N1CCN(Cc2cccs2)CC1. The number of amides is 1. The van der Waals surface area contributed by atoms with Crippen LogP contribution < -0.4 is 0 Å². The molecule has 0 N–H and O–H groups in total. The smallest absolute Gasteiger partial charge is 0.236 e. The Morgan fingerprint density at radius 3 is 2.58 bits per heavy atom. The Balaban J connectivity index is 1.42. The third-order valence-electron chi connectivity index (χ3n) is 4.47. The first-order valence-corrected chi connectivity index (χ1v) is 10.1. The van der Waals surface area contributed by atoms with Crippen LogP contribution >= 0.6 is 22.7 Å². The van der Waals surface area contributed by atoms with Crippen molar-refractivity contribution in [1.29, 1.82) is 0 Å². The summed E-state index contributed by atoms with van der Waals surface area (Å²) in [5.74, 6) is 0.252. The van der Waals surface area contributed by atoms with E-state index in [1.54, 1.807) is 22.7 Å². The number of carbonyl (C=O) groups excluding carboxylic acids is 1. The van der Waals surface area contributed by atoms with Gasteiger partial charge in [0.1, 0.15) is 0 Å². The predicted octanol–water partition coefficient (Wildman–Crippen LogP) is 2.89. The first kappa shape index (κ1) is 17.6. The maximum atomic E-state index is 12.5. The lowest BCUT2D eigenvalue weighted by Gasteiger charge is -2.35. The van der Waals surface area contributed by atoms with Gasteiger partial charge in [0.15, 0.2) is 0 Å². The van der Waals surface area contributed by atoms with Crippen LogP contribution in [0.15, 0.2) is 29.0 Å². The molecule has 0 unspecified atom stereocenters. The molecular weight excluding hydrogens is 338 g/mol. The summed E-state index contributed by atoms with van der Waals surface area (Å²) in [5.41, 5.74) is 1.32. The average Bonchev–Trinajstić information content (AvgIpc) is 3.20. The molecule has 0 aliphatic carbocycles. The number of likely N-dealkylation sites (N-methyl/N-ethyl adjacent to an activating group) is 1. The van der Waals surface area contributed by atoms with Crippen LogP contribution in [0, 0.1) is 6.92 Å². The normalized spacial score (nSPS) is 16.0. The molecule has 1 amide bonds. The quantitative estimate of drug-likeness (QED) is 0.790. The van der Waals surface area contributed by atoms with Gasteiger partial charge in [-0.15, -0.1) is 22.7 Å². The number of aryl methyl sites for hydroxylation is 1. The fraction of sp³-hybridized carbons (Fsp3) is 0.500. The zero-order chi connectivity index (χ0) is 16.9. The minimum Gasteiger partial charge on any atom is -0.339 e. The van der Waals surface area contributed by atoms with Gasteiger partial charge in [-0.05, 0) is 42.4 Å². The van der Waals surface area contributed by atoms with E-state index in [4.69, 9.17) is 0 Å². The van der Waals surface area contributed by atoms with E-state index in [9.17, 15) is 4.79 Å². The van der Waals surface area contributed by atoms with Crippen molar-refractivity contribution in [3.8, 4) is 0 Å². The highest BCUT2D eigenvalue weighted by atomic mass is 32.1. The van der Waals surface area contributed by atoms with E-state index in [0.717, 1.165) is 39.3 Å². The van der Waals surface area contributed by atoms with Gasteiger partial charge < -0.3 is 4.90 Å². The Labute approximate surface area is 152 Å². The van der Waals surface area contributed by atoms with Crippen LogP contribution in [-0.2, 0) is 17.9 Å². The molecule has 2 aromatic rings. The number of nitrogens with zero attached hydrogens (tertiary/aromatic N) is 3. The molecular formula is C18H25N3OS2. The molecule has 1 saturated heterocycles. The van der Waals surface area contributed by atoms with E-state index in [1.165, 1.54) is 15.3 Å². The third kappa shape index (κ3) is 4.66. The summed E-state index contributed by atoms with van der Waals surface area (Å²) in [6.07, 6.45) is 0. The molecule has 0 spiro atoms. The number of carbonyl (C=O) groups is 1. The monoisotopic (exact) mass is 363 g/mol. The van der Waals surface area contributed by atoms with Crippen molar-refractivity contribution >= 4 is 28.6 Å². The Morgan fingerprint density at radius 2 is 1.96 bits per heavy atom. The molecule has 3 rings (SSSR count). The van der Waals surface area contributed by atoms with Crippen LogP contribution in [-0.4, -0.2) is 60.4 Å². The molecule has 1 fully saturated rings. The number of thiophene rings is 2. The summed E-state index contributed by atoms with van der Waals surface area (Å²) < 4.78 is 0. The van der Waals surface area contributed by atoms with Crippen LogP contribution in [0.25, 0.3) is 0 Å². The fourth-order valence-electron chi connectivity index (χ4n) is 2.98. The minimum absolute atomic E-state index is 0.252. The van der Waals surface area contributed by atoms with Crippen molar-refractivity contribution in [1.82, 2.24) is 14.7 Å². The molecule has 0 atom stereocenters. The Morgan fingerprint density at radius 1 is 1.17 bits per heavy atom. The standard InChI is InChI=1S/C18H25N3OS2/c1-15-5-11-24-17(15)13-19(2)14-18(22)21-8-6-20(7-9-21)12-16-4-3-10-23-16/h3-5,10-11H,6-9,12-14H2,1-2H3. The van der Waals surface area contributed by atoms with Crippen LogP contribution in [0.1, 0.15) is 15.3 Å². The van der Waals surface area contributed by atoms with Gasteiger partial charge >= 0.3 is 0 Å². The largest absolute Gasteiger partial charge is 0.339 e. The van der Waals surface area contributed by atoms with Crippen molar-refractivity contribution < 1.29 is 4.79 Å². The molecule has 4 nitrogen and oxygen atoms in total. The topological polar surface area (TPSA) is 26.8 Å². The number of piperazine rings is 1. The van der Waals surface area contributed by atoms with Gasteiger partial charge in [-0.2, -0.15) is 0 Å². The molecule has 24 heavy (non-hydrogen) atoms. The van der Waals surface area contributed by atoms with Crippen LogP contribution in [0.4, 0.5) is 0 Å². The maximum Gasteiger partial charge on any atom is 0.236 e. The highest BCUT2D eigenvalue weighted by Crippen LogP contribution is 2.17. The third-order valence-corrected chi connectivity index (χ3v) is 6.34. The van der Waals surface area contributed by atoms with E-state index in [-0.39, 0.29) is 5.91 Å². The summed E-state index contributed by atoms with van der Waals surface area (Å²) in [6.45, 7) is 8.13. The summed E-state index contributed by atoms with van der Waals surface area (Å²) in [5, 5.41) is 4.24. The molecule has 1 aliphatic rings. The van der Waals surface area contributed by atoms with Crippen LogP contribution in [0.3, 0.4) is 0 Å². The van der Waals surface area contributed by atoms with Crippen LogP contribution in [0.2, 0.25) is 0 Å². The minimum atomic E-state index is 0.252. The fourth-order valence-corrected chi connectivity index (χ4v) is 4.71. The van der Waals surface area contributed by atoms with Crippen LogP contribution in [0.5, 0.6) is 0 Å². The average molecular weight is 364 g/mol. The Hall–Kier alpha value is -1.21. The van der Waals surface area contributed by atoms with Crippen molar-refractivity contribution in [2.45, 2.75) is 20.0 Å². The van der Waals surface area contributed by atoms with E-state index in [1.807, 2.05) is 11.9 Å². The Bertz CT molecular complexity index is 645. The van der Waals surface area contributed by atoms with Gasteiger partial charge in [-0.3, -0.25) is 14.6 Å². The summed E-state index contributed by atoms with van der Waals surface area (Å²) >= 11 is 3.58. The summed E-state index contributed by atoms with van der Waals surface area (Å²) in [7, 11) is 2.03. The maximum absolute atomic E-state index is 12.5. The van der Waals surface area contributed by atoms with Gasteiger partial charge in [-0.1, -0.05) is 6.07 Å². The first-order chi connectivity index (χ1) is 11.6.